The lowest BCUT2D eigenvalue weighted by Gasteiger charge is -2.18. The summed E-state index contributed by atoms with van der Waals surface area (Å²) in [5, 5.41) is 5.21. The summed E-state index contributed by atoms with van der Waals surface area (Å²) in [6.45, 7) is 4.01. The normalized spacial score (nSPS) is 11.1. The Labute approximate surface area is 168 Å². The molecule has 3 heterocycles. The minimum absolute atomic E-state index is 0.184. The molecule has 0 saturated carbocycles. The molecule has 0 fully saturated rings. The molecular weight excluding hydrogens is 402 g/mol. The zero-order valence-corrected chi connectivity index (χ0v) is 16.9. The second kappa shape index (κ2) is 7.30. The van der Waals surface area contributed by atoms with Gasteiger partial charge >= 0.3 is 0 Å². The third-order valence-electron chi connectivity index (χ3n) is 4.10. The predicted octanol–water partition coefficient (Wildman–Crippen LogP) is 4.66. The van der Waals surface area contributed by atoms with Crippen LogP contribution in [0, 0.1) is 13.8 Å². The van der Waals surface area contributed by atoms with Crippen LogP contribution in [0.5, 0.6) is 0 Å². The smallest absolute Gasteiger partial charge is 0.274 e. The highest BCUT2D eigenvalue weighted by atomic mass is 35.5. The Balaban J connectivity index is 1.81. The van der Waals surface area contributed by atoms with E-state index in [1.807, 2.05) is 37.3 Å². The Bertz CT molecular complexity index is 1130. The van der Waals surface area contributed by atoms with Crippen molar-refractivity contribution in [2.45, 2.75) is 20.4 Å². The van der Waals surface area contributed by atoms with E-state index in [1.54, 1.807) is 18.0 Å². The molecule has 6 nitrogen and oxygen atoms in total. The number of amides is 1. The van der Waals surface area contributed by atoms with Crippen molar-refractivity contribution >= 4 is 55.7 Å². The number of benzene rings is 1. The Kier molecular flexibility index (Phi) is 4.86. The number of rotatable bonds is 4. The maximum absolute atomic E-state index is 13.2. The first-order chi connectivity index (χ1) is 13.0. The van der Waals surface area contributed by atoms with Crippen LogP contribution in [0.2, 0.25) is 5.02 Å². The highest BCUT2D eigenvalue weighted by Crippen LogP contribution is 2.35. The summed E-state index contributed by atoms with van der Waals surface area (Å²) in [5.41, 5.74) is 3.09. The number of hydrogen-bond acceptors (Lipinski definition) is 7. The molecule has 136 valence electrons. The van der Waals surface area contributed by atoms with Crippen molar-refractivity contribution in [3.63, 3.8) is 0 Å². The van der Waals surface area contributed by atoms with Gasteiger partial charge in [-0.3, -0.25) is 14.7 Å². The van der Waals surface area contributed by atoms with Crippen LogP contribution in [0.1, 0.15) is 26.6 Å². The van der Waals surface area contributed by atoms with Gasteiger partial charge in [-0.05, 0) is 55.2 Å². The van der Waals surface area contributed by atoms with Crippen molar-refractivity contribution in [1.82, 2.24) is 19.6 Å². The highest BCUT2D eigenvalue weighted by molar-refractivity contribution is 7.22. The first-order valence-electron chi connectivity index (χ1n) is 8.11. The first-order valence-corrected chi connectivity index (χ1v) is 10.1. The summed E-state index contributed by atoms with van der Waals surface area (Å²) >= 11 is 8.77. The number of nitrogens with zero attached hydrogens (tertiary/aromatic N) is 5. The van der Waals surface area contributed by atoms with E-state index in [1.165, 1.54) is 11.3 Å². The molecule has 0 unspecified atom stereocenters. The Morgan fingerprint density at radius 3 is 2.78 bits per heavy atom. The molecular formula is C18H14ClN5OS2. The number of pyridine rings is 1. The van der Waals surface area contributed by atoms with Crippen LogP contribution in [0.3, 0.4) is 0 Å². The van der Waals surface area contributed by atoms with Gasteiger partial charge in [0.05, 0.1) is 28.1 Å². The predicted molar refractivity (Wildman–Crippen MR) is 109 cm³/mol. The van der Waals surface area contributed by atoms with Gasteiger partial charge in [-0.2, -0.15) is 0 Å². The van der Waals surface area contributed by atoms with E-state index >= 15 is 0 Å². The van der Waals surface area contributed by atoms with Crippen molar-refractivity contribution in [2.24, 2.45) is 0 Å². The van der Waals surface area contributed by atoms with Gasteiger partial charge in [0, 0.05) is 11.2 Å². The molecule has 3 aromatic heterocycles. The van der Waals surface area contributed by atoms with Crippen LogP contribution < -0.4 is 4.90 Å². The number of aromatic nitrogens is 4. The monoisotopic (exact) mass is 415 g/mol. The third kappa shape index (κ3) is 3.43. The van der Waals surface area contributed by atoms with E-state index in [4.69, 9.17) is 16.6 Å². The Morgan fingerprint density at radius 2 is 2.07 bits per heavy atom. The molecule has 9 heteroatoms. The number of thiazole rings is 1. The quantitative estimate of drug-likeness (QED) is 0.484. The second-order valence-corrected chi connectivity index (χ2v) is 8.09. The number of aryl methyl sites for hydroxylation is 2. The molecule has 4 rings (SSSR count). The van der Waals surface area contributed by atoms with E-state index in [0.717, 1.165) is 33.0 Å². The SMILES string of the molecule is Cc1nnsc1C(=O)N(Cc1ccccn1)c1nc2c(C)c(Cl)ccc2s1. The van der Waals surface area contributed by atoms with Crippen LogP contribution in [-0.4, -0.2) is 25.5 Å². The van der Waals surface area contributed by atoms with Gasteiger partial charge in [-0.1, -0.05) is 33.5 Å². The fraction of sp³-hybridized carbons (Fsp3) is 0.167. The van der Waals surface area contributed by atoms with Gasteiger partial charge in [-0.15, -0.1) is 5.10 Å². The molecule has 0 saturated heterocycles. The second-order valence-electron chi connectivity index (χ2n) is 5.92. The molecule has 1 amide bonds. The molecule has 0 spiro atoms. The van der Waals surface area contributed by atoms with Gasteiger partial charge in [0.1, 0.15) is 4.88 Å². The summed E-state index contributed by atoms with van der Waals surface area (Å²) in [6.07, 6.45) is 1.71. The number of carbonyl (C=O) groups excluding carboxylic acids is 1. The minimum Gasteiger partial charge on any atom is -0.277 e. The highest BCUT2D eigenvalue weighted by Gasteiger charge is 2.26. The summed E-state index contributed by atoms with van der Waals surface area (Å²) in [6, 6.07) is 9.40. The lowest BCUT2D eigenvalue weighted by molar-refractivity contribution is 0.0988. The standard InChI is InChI=1S/C18H14ClN5OS2/c1-10-13(19)6-7-14-15(10)21-18(26-14)24(9-12-5-3-4-8-20-12)17(25)16-11(2)22-23-27-16/h3-8H,9H2,1-2H3. The molecule has 0 atom stereocenters. The van der Waals surface area contributed by atoms with Crippen LogP contribution in [-0.2, 0) is 6.54 Å². The van der Waals surface area contributed by atoms with Crippen LogP contribution in [0.4, 0.5) is 5.13 Å². The Hall–Kier alpha value is -2.42. The van der Waals surface area contributed by atoms with Gasteiger partial charge < -0.3 is 0 Å². The van der Waals surface area contributed by atoms with Crippen molar-refractivity contribution in [2.75, 3.05) is 4.90 Å². The first kappa shape index (κ1) is 18.0. The zero-order valence-electron chi connectivity index (χ0n) is 14.5. The number of hydrogen-bond donors (Lipinski definition) is 0. The zero-order chi connectivity index (χ0) is 19.0. The molecule has 0 aliphatic carbocycles. The summed E-state index contributed by atoms with van der Waals surface area (Å²) in [5.74, 6) is -0.184. The lowest BCUT2D eigenvalue weighted by atomic mass is 10.2. The molecule has 0 N–H and O–H groups in total. The van der Waals surface area contributed by atoms with Crippen LogP contribution in [0.15, 0.2) is 36.5 Å². The van der Waals surface area contributed by atoms with Crippen LogP contribution >= 0.6 is 34.5 Å². The van der Waals surface area contributed by atoms with Gasteiger partial charge in [-0.25, -0.2) is 4.98 Å². The average Bonchev–Trinajstić information content (AvgIpc) is 3.30. The topological polar surface area (TPSA) is 71.9 Å². The maximum atomic E-state index is 13.2. The summed E-state index contributed by atoms with van der Waals surface area (Å²) in [7, 11) is 0. The number of halogens is 1. The van der Waals surface area contributed by atoms with Crippen molar-refractivity contribution < 1.29 is 4.79 Å². The fourth-order valence-corrected chi connectivity index (χ4v) is 4.42. The van der Waals surface area contributed by atoms with Crippen LogP contribution in [0.25, 0.3) is 10.2 Å². The Morgan fingerprint density at radius 1 is 1.22 bits per heavy atom. The average molecular weight is 416 g/mol. The molecule has 0 aliphatic heterocycles. The van der Waals surface area contributed by atoms with Gasteiger partial charge in [0.15, 0.2) is 5.13 Å². The molecule has 4 aromatic rings. The van der Waals surface area contributed by atoms with E-state index in [0.29, 0.717) is 27.3 Å². The number of carbonyl (C=O) groups is 1. The third-order valence-corrected chi connectivity index (χ3v) is 6.37. The van der Waals surface area contributed by atoms with E-state index in [2.05, 4.69) is 14.6 Å². The maximum Gasteiger partial charge on any atom is 0.274 e. The number of anilines is 1. The number of fused-ring (bicyclic) bond motifs is 1. The molecule has 27 heavy (non-hydrogen) atoms. The van der Waals surface area contributed by atoms with Crippen molar-refractivity contribution in [1.29, 1.82) is 0 Å². The van der Waals surface area contributed by atoms with E-state index in [9.17, 15) is 4.79 Å². The van der Waals surface area contributed by atoms with Crippen molar-refractivity contribution in [3.05, 3.63) is 63.4 Å². The molecule has 0 aliphatic rings. The van der Waals surface area contributed by atoms with Gasteiger partial charge in [0.25, 0.3) is 5.91 Å². The van der Waals surface area contributed by atoms with Gasteiger partial charge in [0.2, 0.25) is 0 Å². The lowest BCUT2D eigenvalue weighted by Crippen LogP contribution is -2.30. The summed E-state index contributed by atoms with van der Waals surface area (Å²) < 4.78 is 4.87. The summed E-state index contributed by atoms with van der Waals surface area (Å²) in [4.78, 5) is 24.4. The minimum atomic E-state index is -0.184. The molecule has 1 aromatic carbocycles. The van der Waals surface area contributed by atoms with Crippen molar-refractivity contribution in [3.8, 4) is 0 Å². The molecule has 0 bridgehead atoms. The fourth-order valence-electron chi connectivity index (χ4n) is 2.63. The largest absolute Gasteiger partial charge is 0.277 e. The van der Waals surface area contributed by atoms with E-state index < -0.39 is 0 Å². The van der Waals surface area contributed by atoms with E-state index in [-0.39, 0.29) is 5.91 Å². The molecule has 0 radical (unpaired) electrons.